The van der Waals surface area contributed by atoms with Crippen molar-refractivity contribution in [2.24, 2.45) is 0 Å². The predicted octanol–water partition coefficient (Wildman–Crippen LogP) is 3.11. The average molecular weight is 290 g/mol. The second-order valence-corrected chi connectivity index (χ2v) is 6.68. The van der Waals surface area contributed by atoms with E-state index in [2.05, 4.69) is 0 Å². The summed E-state index contributed by atoms with van der Waals surface area (Å²) in [5.41, 5.74) is 1.81. The summed E-state index contributed by atoms with van der Waals surface area (Å²) in [6.07, 6.45) is 0.823. The van der Waals surface area contributed by atoms with Gasteiger partial charge in [0.05, 0.1) is 11.2 Å². The van der Waals surface area contributed by atoms with Gasteiger partial charge in [-0.2, -0.15) is 0 Å². The minimum atomic E-state index is -0.426. The van der Waals surface area contributed by atoms with E-state index in [1.807, 2.05) is 59.7 Å². The van der Waals surface area contributed by atoms with Gasteiger partial charge in [-0.1, -0.05) is 19.1 Å². The molecule has 0 aromatic heterocycles. The highest BCUT2D eigenvalue weighted by Crippen LogP contribution is 2.37. The molecule has 0 radical (unpaired) electrons. The van der Waals surface area contributed by atoms with Crippen LogP contribution in [-0.2, 0) is 9.31 Å². The lowest BCUT2D eigenvalue weighted by molar-refractivity contribution is -0.463. The smallest absolute Gasteiger partial charge is 0.399 e. The largest absolute Gasteiger partial charge is 0.495 e. The second-order valence-electron chi connectivity index (χ2n) is 6.68. The van der Waals surface area contributed by atoms with Crippen LogP contribution in [0, 0.1) is 11.8 Å². The van der Waals surface area contributed by atoms with Gasteiger partial charge in [0.2, 0.25) is 0 Å². The van der Waals surface area contributed by atoms with Crippen LogP contribution < -0.4 is 5.46 Å². The van der Waals surface area contributed by atoms with E-state index in [0.29, 0.717) is 12.2 Å². The van der Waals surface area contributed by atoms with E-state index in [0.717, 1.165) is 22.2 Å². The minimum Gasteiger partial charge on any atom is -0.399 e. The van der Waals surface area contributed by atoms with Crippen molar-refractivity contribution in [3.63, 3.8) is 0 Å². The summed E-state index contributed by atoms with van der Waals surface area (Å²) in [7, 11) is -0.426. The van der Waals surface area contributed by atoms with Crippen molar-refractivity contribution >= 4 is 18.3 Å². The van der Waals surface area contributed by atoms with Gasteiger partial charge >= 0.3 is 7.12 Å². The summed E-state index contributed by atoms with van der Waals surface area (Å²) in [5, 5.41) is 0. The molecule has 1 aromatic rings. The first-order valence-electron chi connectivity index (χ1n) is 7.59. The third-order valence-electron chi connectivity index (χ3n) is 4.55. The van der Waals surface area contributed by atoms with Crippen molar-refractivity contribution in [2.75, 3.05) is 6.54 Å². The van der Waals surface area contributed by atoms with Crippen LogP contribution >= 0.6 is 0 Å². The third kappa shape index (κ3) is 2.90. The van der Waals surface area contributed by atoms with Gasteiger partial charge in [0.25, 0.3) is 5.69 Å². The first kappa shape index (κ1) is 16.2. The molecule has 0 unspecified atom stereocenters. The molecule has 1 saturated heterocycles. The number of rotatable bonds is 4. The van der Waals surface area contributed by atoms with Crippen molar-refractivity contribution in [3.8, 4) is 0 Å². The van der Waals surface area contributed by atoms with Crippen LogP contribution in [0.5, 0.6) is 0 Å². The van der Waals surface area contributed by atoms with Gasteiger partial charge in [0.15, 0.2) is 6.54 Å². The molecule has 1 aliphatic rings. The Hall–Kier alpha value is -1.20. The fourth-order valence-corrected chi connectivity index (χ4v) is 2.46. The second kappa shape index (κ2) is 5.54. The van der Waals surface area contributed by atoms with Crippen LogP contribution in [0.25, 0.3) is 0 Å². The summed E-state index contributed by atoms with van der Waals surface area (Å²) in [6, 6.07) is 5.72. The molecule has 0 N–H and O–H groups in total. The summed E-state index contributed by atoms with van der Waals surface area (Å²) in [5.74, 6) is 0. The van der Waals surface area contributed by atoms with Gasteiger partial charge in [-0.3, -0.25) is 0 Å². The maximum absolute atomic E-state index is 12.1. The normalized spacial score (nSPS) is 19.8. The van der Waals surface area contributed by atoms with Crippen molar-refractivity contribution in [3.05, 3.63) is 28.7 Å². The van der Waals surface area contributed by atoms with Crippen LogP contribution in [-0.4, -0.2) is 29.6 Å². The Kier molecular flexibility index (Phi) is 4.27. The van der Waals surface area contributed by atoms with E-state index in [1.165, 1.54) is 0 Å². The predicted molar refractivity (Wildman–Crippen MR) is 85.3 cm³/mol. The number of hydrogen-bond acceptors (Lipinski definition) is 3. The number of nitroso groups, excluding NO2 is 1. The molecule has 0 saturated carbocycles. The highest BCUT2D eigenvalue weighted by molar-refractivity contribution is 6.62. The van der Waals surface area contributed by atoms with Gasteiger partial charge in [0.1, 0.15) is 0 Å². The van der Waals surface area contributed by atoms with Crippen LogP contribution in [0.15, 0.2) is 18.2 Å². The maximum atomic E-state index is 12.1. The quantitative estimate of drug-likeness (QED) is 0.631. The molecule has 2 rings (SSSR count). The van der Waals surface area contributed by atoms with E-state index in [-0.39, 0.29) is 11.2 Å². The van der Waals surface area contributed by atoms with Gasteiger partial charge in [0, 0.05) is 27.7 Å². The van der Waals surface area contributed by atoms with E-state index >= 15 is 0 Å². The zero-order chi connectivity index (χ0) is 15.8. The van der Waals surface area contributed by atoms with Crippen LogP contribution in [0.2, 0.25) is 0 Å². The Bertz CT molecular complexity index is 538. The average Bonchev–Trinajstić information content (AvgIpc) is 2.58. The molecule has 0 bridgehead atoms. The van der Waals surface area contributed by atoms with Crippen molar-refractivity contribution in [1.82, 2.24) is 0 Å². The summed E-state index contributed by atoms with van der Waals surface area (Å²) in [4.78, 5) is 12.1. The zero-order valence-electron chi connectivity index (χ0n) is 13.9. The Morgan fingerprint density at radius 1 is 1.14 bits per heavy atom. The van der Waals surface area contributed by atoms with Crippen molar-refractivity contribution in [2.45, 2.75) is 59.2 Å². The summed E-state index contributed by atoms with van der Waals surface area (Å²) >= 11 is 0. The monoisotopic (exact) mass is 290 g/mol. The molecule has 21 heavy (non-hydrogen) atoms. The van der Waals surface area contributed by atoms with Gasteiger partial charge in [-0.25, -0.2) is 0 Å². The standard InChI is InChI=1S/C16H25BNO3/c1-7-11-18(19)14-10-8-9-13(12(14)2)17-20-15(3,4)16(5,6)21-17/h8-10H,7,11H2,1-6H3/q+1. The molecular weight excluding hydrogens is 265 g/mol. The highest BCUT2D eigenvalue weighted by atomic mass is 16.7. The molecule has 5 heteroatoms. The van der Waals surface area contributed by atoms with Gasteiger partial charge < -0.3 is 9.31 Å². The fourth-order valence-electron chi connectivity index (χ4n) is 2.46. The maximum Gasteiger partial charge on any atom is 0.495 e. The molecule has 0 atom stereocenters. The topological polar surface area (TPSA) is 38.5 Å². The molecule has 1 fully saturated rings. The Balaban J connectivity index is 2.35. The van der Waals surface area contributed by atoms with E-state index in [4.69, 9.17) is 9.31 Å². The first-order chi connectivity index (χ1) is 9.69. The Morgan fingerprint density at radius 2 is 1.71 bits per heavy atom. The first-order valence-corrected chi connectivity index (χ1v) is 7.59. The molecule has 0 aliphatic carbocycles. The zero-order valence-corrected chi connectivity index (χ0v) is 13.9. The van der Waals surface area contributed by atoms with E-state index in [9.17, 15) is 4.91 Å². The lowest BCUT2D eigenvalue weighted by Crippen LogP contribution is -2.41. The molecule has 0 amide bonds. The van der Waals surface area contributed by atoms with E-state index in [1.54, 1.807) is 0 Å². The van der Waals surface area contributed by atoms with Crippen LogP contribution in [0.3, 0.4) is 0 Å². The lowest BCUT2D eigenvalue weighted by atomic mass is 9.76. The van der Waals surface area contributed by atoms with Gasteiger partial charge in [-0.05, 0) is 40.1 Å². The Labute approximate surface area is 127 Å². The fraction of sp³-hybridized carbons (Fsp3) is 0.625. The highest BCUT2D eigenvalue weighted by Gasteiger charge is 2.52. The van der Waals surface area contributed by atoms with Crippen LogP contribution in [0.1, 0.15) is 46.6 Å². The van der Waals surface area contributed by atoms with Crippen LogP contribution in [0.4, 0.5) is 5.69 Å². The molecule has 1 heterocycles. The van der Waals surface area contributed by atoms with Crippen molar-refractivity contribution in [1.29, 1.82) is 0 Å². The Morgan fingerprint density at radius 3 is 2.24 bits per heavy atom. The third-order valence-corrected chi connectivity index (χ3v) is 4.55. The molecule has 1 aliphatic heterocycles. The van der Waals surface area contributed by atoms with Gasteiger partial charge in [-0.15, -0.1) is 0 Å². The summed E-state index contributed by atoms with van der Waals surface area (Å²) in [6.45, 7) is 12.6. The van der Waals surface area contributed by atoms with E-state index < -0.39 is 7.12 Å². The number of nitrogens with zero attached hydrogens (tertiary/aromatic N) is 1. The molecule has 0 spiro atoms. The molecule has 114 valence electrons. The van der Waals surface area contributed by atoms with Crippen molar-refractivity contribution < 1.29 is 14.1 Å². The number of benzene rings is 1. The SMILES string of the molecule is CCC[N+](=O)c1cccc(B2OC(C)(C)C(C)(C)O2)c1C. The number of hydrogen-bond donors (Lipinski definition) is 0. The minimum absolute atomic E-state index is 0.374. The molecule has 1 aromatic carbocycles. The summed E-state index contributed by atoms with van der Waals surface area (Å²) < 4.78 is 13.2. The molecule has 4 nitrogen and oxygen atoms in total. The lowest BCUT2D eigenvalue weighted by Gasteiger charge is -2.32. The molecular formula is C16H25BNO3+.